The molecule has 0 aromatic carbocycles. The maximum Gasteiger partial charge on any atom is 0.371 e. The summed E-state index contributed by atoms with van der Waals surface area (Å²) in [5.41, 5.74) is 0. The molecule has 1 aliphatic carbocycles. The number of anilines is 1. The van der Waals surface area contributed by atoms with Gasteiger partial charge in [-0.25, -0.2) is 4.79 Å². The summed E-state index contributed by atoms with van der Waals surface area (Å²) in [6.45, 7) is 2.22. The minimum absolute atomic E-state index is 0.00837. The van der Waals surface area contributed by atoms with E-state index in [2.05, 4.69) is 12.2 Å². The third-order valence-corrected chi connectivity index (χ3v) is 3.26. The molecule has 88 valence electrons. The SMILES string of the molecule is CC1CCCCC1Nc1ccc(C(=O)O)o1. The molecule has 1 heterocycles. The van der Waals surface area contributed by atoms with E-state index in [1.807, 2.05) is 0 Å². The van der Waals surface area contributed by atoms with Crippen LogP contribution in [0.3, 0.4) is 0 Å². The van der Waals surface area contributed by atoms with Crippen LogP contribution in [0.2, 0.25) is 0 Å². The molecule has 0 saturated heterocycles. The molecule has 2 N–H and O–H groups in total. The Balaban J connectivity index is 1.99. The number of aromatic carboxylic acids is 1. The molecule has 4 heteroatoms. The minimum atomic E-state index is -1.02. The molecule has 1 aromatic heterocycles. The Morgan fingerprint density at radius 2 is 2.19 bits per heavy atom. The van der Waals surface area contributed by atoms with Crippen molar-refractivity contribution < 1.29 is 14.3 Å². The van der Waals surface area contributed by atoms with E-state index < -0.39 is 5.97 Å². The second-order valence-corrected chi connectivity index (χ2v) is 4.48. The lowest BCUT2D eigenvalue weighted by atomic mass is 9.86. The third-order valence-electron chi connectivity index (χ3n) is 3.26. The molecule has 4 nitrogen and oxygen atoms in total. The monoisotopic (exact) mass is 223 g/mol. The molecule has 0 amide bonds. The van der Waals surface area contributed by atoms with Gasteiger partial charge in [-0.15, -0.1) is 0 Å². The van der Waals surface area contributed by atoms with Gasteiger partial charge in [-0.1, -0.05) is 19.8 Å². The van der Waals surface area contributed by atoms with Crippen molar-refractivity contribution in [1.29, 1.82) is 0 Å². The van der Waals surface area contributed by atoms with Crippen LogP contribution in [0.5, 0.6) is 0 Å². The summed E-state index contributed by atoms with van der Waals surface area (Å²) in [4.78, 5) is 10.6. The van der Waals surface area contributed by atoms with E-state index in [-0.39, 0.29) is 5.76 Å². The highest BCUT2D eigenvalue weighted by molar-refractivity contribution is 5.84. The van der Waals surface area contributed by atoms with Crippen molar-refractivity contribution in [2.24, 2.45) is 5.92 Å². The van der Waals surface area contributed by atoms with E-state index in [4.69, 9.17) is 9.52 Å². The highest BCUT2D eigenvalue weighted by Gasteiger charge is 2.22. The zero-order valence-corrected chi connectivity index (χ0v) is 9.40. The van der Waals surface area contributed by atoms with Crippen LogP contribution in [0.15, 0.2) is 16.5 Å². The molecule has 2 rings (SSSR count). The molecule has 1 aliphatic rings. The van der Waals surface area contributed by atoms with Crippen molar-refractivity contribution in [3.05, 3.63) is 17.9 Å². The Morgan fingerprint density at radius 3 is 2.81 bits per heavy atom. The first-order valence-corrected chi connectivity index (χ1v) is 5.76. The Hall–Kier alpha value is -1.45. The van der Waals surface area contributed by atoms with Crippen LogP contribution in [-0.4, -0.2) is 17.1 Å². The fraction of sp³-hybridized carbons (Fsp3) is 0.583. The van der Waals surface area contributed by atoms with Crippen LogP contribution in [0.1, 0.15) is 43.2 Å². The van der Waals surface area contributed by atoms with Gasteiger partial charge < -0.3 is 14.8 Å². The van der Waals surface area contributed by atoms with Crippen molar-refractivity contribution in [2.75, 3.05) is 5.32 Å². The molecule has 1 fully saturated rings. The van der Waals surface area contributed by atoms with Crippen LogP contribution in [0.4, 0.5) is 5.88 Å². The van der Waals surface area contributed by atoms with Crippen LogP contribution < -0.4 is 5.32 Å². The largest absolute Gasteiger partial charge is 0.475 e. The lowest BCUT2D eigenvalue weighted by Crippen LogP contribution is -2.30. The molecule has 2 atom stereocenters. The summed E-state index contributed by atoms with van der Waals surface area (Å²) in [5.74, 6) is 0.152. The van der Waals surface area contributed by atoms with E-state index >= 15 is 0 Å². The topological polar surface area (TPSA) is 62.5 Å². The molecule has 16 heavy (non-hydrogen) atoms. The number of furan rings is 1. The molecule has 0 bridgehead atoms. The van der Waals surface area contributed by atoms with Crippen molar-refractivity contribution in [2.45, 2.75) is 38.6 Å². The summed E-state index contributed by atoms with van der Waals surface area (Å²) in [6.07, 6.45) is 4.88. The van der Waals surface area contributed by atoms with Gasteiger partial charge in [0.2, 0.25) is 5.76 Å². The zero-order chi connectivity index (χ0) is 11.5. The van der Waals surface area contributed by atoms with Crippen LogP contribution in [-0.2, 0) is 0 Å². The van der Waals surface area contributed by atoms with E-state index in [1.54, 1.807) is 6.07 Å². The van der Waals surface area contributed by atoms with E-state index in [1.165, 1.54) is 25.3 Å². The van der Waals surface area contributed by atoms with E-state index in [9.17, 15) is 4.79 Å². The van der Waals surface area contributed by atoms with Gasteiger partial charge in [0.1, 0.15) is 0 Å². The quantitative estimate of drug-likeness (QED) is 0.826. The lowest BCUT2D eigenvalue weighted by Gasteiger charge is -2.29. The van der Waals surface area contributed by atoms with Crippen molar-refractivity contribution in [1.82, 2.24) is 0 Å². The Morgan fingerprint density at radius 1 is 1.44 bits per heavy atom. The fourth-order valence-corrected chi connectivity index (χ4v) is 2.24. The molecule has 1 aromatic rings. The number of carbonyl (C=O) groups is 1. The smallest absolute Gasteiger partial charge is 0.371 e. The van der Waals surface area contributed by atoms with Gasteiger partial charge in [-0.3, -0.25) is 0 Å². The molecular formula is C12H17NO3. The van der Waals surface area contributed by atoms with Gasteiger partial charge in [-0.2, -0.15) is 0 Å². The molecule has 0 spiro atoms. The number of rotatable bonds is 3. The van der Waals surface area contributed by atoms with Gasteiger partial charge in [0.05, 0.1) is 0 Å². The average Bonchev–Trinajstić information content (AvgIpc) is 2.70. The first-order chi connectivity index (χ1) is 7.66. The number of carboxylic acid groups (broad SMARTS) is 1. The Labute approximate surface area is 94.6 Å². The number of nitrogens with one attached hydrogen (secondary N) is 1. The second-order valence-electron chi connectivity index (χ2n) is 4.48. The summed E-state index contributed by atoms with van der Waals surface area (Å²) < 4.78 is 5.19. The average molecular weight is 223 g/mol. The summed E-state index contributed by atoms with van der Waals surface area (Å²) in [6, 6.07) is 3.57. The second kappa shape index (κ2) is 4.60. The van der Waals surface area contributed by atoms with Gasteiger partial charge in [0, 0.05) is 12.1 Å². The van der Waals surface area contributed by atoms with Gasteiger partial charge in [0.25, 0.3) is 0 Å². The predicted octanol–water partition coefficient (Wildman–Crippen LogP) is 2.97. The lowest BCUT2D eigenvalue weighted by molar-refractivity contribution is 0.0663. The molecular weight excluding hydrogens is 206 g/mol. The summed E-state index contributed by atoms with van der Waals surface area (Å²) in [7, 11) is 0. The van der Waals surface area contributed by atoms with Crippen molar-refractivity contribution >= 4 is 11.9 Å². The van der Waals surface area contributed by atoms with Gasteiger partial charge in [0.15, 0.2) is 5.88 Å². The fourth-order valence-electron chi connectivity index (χ4n) is 2.24. The first-order valence-electron chi connectivity index (χ1n) is 5.76. The van der Waals surface area contributed by atoms with Crippen LogP contribution in [0, 0.1) is 5.92 Å². The van der Waals surface area contributed by atoms with Gasteiger partial charge >= 0.3 is 5.97 Å². The highest BCUT2D eigenvalue weighted by Crippen LogP contribution is 2.27. The maximum absolute atomic E-state index is 10.6. The van der Waals surface area contributed by atoms with Crippen LogP contribution >= 0.6 is 0 Å². The molecule has 0 aliphatic heterocycles. The molecule has 1 saturated carbocycles. The molecule has 2 unspecified atom stereocenters. The zero-order valence-electron chi connectivity index (χ0n) is 9.40. The minimum Gasteiger partial charge on any atom is -0.475 e. The van der Waals surface area contributed by atoms with E-state index in [0.29, 0.717) is 17.8 Å². The predicted molar refractivity (Wildman–Crippen MR) is 60.7 cm³/mol. The normalized spacial score (nSPS) is 25.3. The van der Waals surface area contributed by atoms with E-state index in [0.717, 1.165) is 6.42 Å². The van der Waals surface area contributed by atoms with Crippen LogP contribution in [0.25, 0.3) is 0 Å². The van der Waals surface area contributed by atoms with Crippen molar-refractivity contribution in [3.63, 3.8) is 0 Å². The standard InChI is InChI=1S/C12H17NO3/c1-8-4-2-3-5-9(8)13-11-7-6-10(16-11)12(14)15/h6-9,13H,2-5H2,1H3,(H,14,15). The maximum atomic E-state index is 10.6. The number of hydrogen-bond donors (Lipinski definition) is 2. The van der Waals surface area contributed by atoms with Crippen molar-refractivity contribution in [3.8, 4) is 0 Å². The Bertz CT molecular complexity index is 372. The number of hydrogen-bond acceptors (Lipinski definition) is 3. The third kappa shape index (κ3) is 2.38. The summed E-state index contributed by atoms with van der Waals surface area (Å²) in [5, 5.41) is 12.0. The first kappa shape index (κ1) is 11.0. The number of carboxylic acids is 1. The summed E-state index contributed by atoms with van der Waals surface area (Å²) >= 11 is 0. The Kier molecular flexibility index (Phi) is 3.17. The van der Waals surface area contributed by atoms with Gasteiger partial charge in [-0.05, 0) is 24.8 Å². The highest BCUT2D eigenvalue weighted by atomic mass is 16.4. The molecule has 0 radical (unpaired) electrons.